The van der Waals surface area contributed by atoms with Gasteiger partial charge in [-0.15, -0.1) is 0 Å². The molecule has 0 saturated heterocycles. The average Bonchev–Trinajstić information content (AvgIpc) is 2.26. The van der Waals surface area contributed by atoms with E-state index in [4.69, 9.17) is 4.74 Å². The molecule has 0 bridgehead atoms. The molecular weight excluding hydrogens is 219 g/mol. The van der Waals surface area contributed by atoms with Crippen LogP contribution in [0.3, 0.4) is 0 Å². The number of methoxy groups -OCH3 is 1. The molecule has 1 aromatic carbocycles. The zero-order valence-electron chi connectivity index (χ0n) is 10.4. The van der Waals surface area contributed by atoms with Crippen LogP contribution in [0.5, 0.6) is 5.88 Å². The fraction of sp³-hybridized carbons (Fsp3) is 0.385. The number of nitrogens with zero attached hydrogens (tertiary/aromatic N) is 2. The first-order valence-electron chi connectivity index (χ1n) is 5.43. The lowest BCUT2D eigenvalue weighted by atomic mass is 9.85. The van der Waals surface area contributed by atoms with Crippen molar-refractivity contribution in [3.8, 4) is 5.88 Å². The summed E-state index contributed by atoms with van der Waals surface area (Å²) in [5, 5.41) is 0. The molecule has 2 aromatic rings. The number of ether oxygens (including phenoxy) is 1. The summed E-state index contributed by atoms with van der Waals surface area (Å²) in [4.78, 5) is 8.51. The van der Waals surface area contributed by atoms with Crippen molar-refractivity contribution in [1.29, 1.82) is 0 Å². The average molecular weight is 234 g/mol. The number of aromatic nitrogens is 2. The van der Waals surface area contributed by atoms with Crippen molar-refractivity contribution in [3.63, 3.8) is 0 Å². The van der Waals surface area contributed by atoms with Gasteiger partial charge >= 0.3 is 0 Å². The minimum atomic E-state index is -0.329. The minimum absolute atomic E-state index is 0.257. The molecule has 0 amide bonds. The van der Waals surface area contributed by atoms with Crippen molar-refractivity contribution in [1.82, 2.24) is 9.97 Å². The number of hydrogen-bond acceptors (Lipinski definition) is 3. The van der Waals surface area contributed by atoms with Crippen LogP contribution >= 0.6 is 0 Å². The van der Waals surface area contributed by atoms with Crippen LogP contribution < -0.4 is 4.74 Å². The van der Waals surface area contributed by atoms with Crippen molar-refractivity contribution in [3.05, 3.63) is 29.7 Å². The van der Waals surface area contributed by atoms with Gasteiger partial charge in [-0.05, 0) is 17.5 Å². The largest absolute Gasteiger partial charge is 0.480 e. The SMILES string of the molecule is COc1cnc2ccc(F)c(C(C)(C)C)c2n1. The highest BCUT2D eigenvalue weighted by Crippen LogP contribution is 2.31. The molecule has 2 rings (SSSR count). The molecule has 0 aliphatic carbocycles. The summed E-state index contributed by atoms with van der Waals surface area (Å²) in [5.41, 5.74) is 1.49. The summed E-state index contributed by atoms with van der Waals surface area (Å²) in [5.74, 6) is 0.140. The Morgan fingerprint density at radius 2 is 1.94 bits per heavy atom. The van der Waals surface area contributed by atoms with Crippen LogP contribution in [0, 0.1) is 5.82 Å². The standard InChI is InChI=1S/C13H15FN2O/c1-13(2,3)11-8(14)5-6-9-12(11)16-10(17-4)7-15-9/h5-7H,1-4H3. The molecule has 0 atom stereocenters. The van der Waals surface area contributed by atoms with Gasteiger partial charge in [-0.2, -0.15) is 0 Å². The molecule has 0 spiro atoms. The molecule has 90 valence electrons. The van der Waals surface area contributed by atoms with E-state index in [1.807, 2.05) is 20.8 Å². The monoisotopic (exact) mass is 234 g/mol. The summed E-state index contributed by atoms with van der Waals surface area (Å²) in [6.45, 7) is 5.85. The lowest BCUT2D eigenvalue weighted by molar-refractivity contribution is 0.397. The van der Waals surface area contributed by atoms with E-state index in [-0.39, 0.29) is 11.2 Å². The Balaban J connectivity index is 2.83. The number of benzene rings is 1. The van der Waals surface area contributed by atoms with Gasteiger partial charge in [-0.3, -0.25) is 0 Å². The highest BCUT2D eigenvalue weighted by Gasteiger charge is 2.23. The minimum Gasteiger partial charge on any atom is -0.480 e. The first kappa shape index (κ1) is 11.8. The number of rotatable bonds is 1. The zero-order valence-corrected chi connectivity index (χ0v) is 10.4. The highest BCUT2D eigenvalue weighted by atomic mass is 19.1. The van der Waals surface area contributed by atoms with Gasteiger partial charge in [0.2, 0.25) is 5.88 Å². The normalized spacial score (nSPS) is 11.8. The Morgan fingerprint density at radius 1 is 1.24 bits per heavy atom. The molecule has 1 heterocycles. The van der Waals surface area contributed by atoms with Gasteiger partial charge < -0.3 is 4.74 Å². The van der Waals surface area contributed by atoms with Gasteiger partial charge in [-0.25, -0.2) is 14.4 Å². The summed E-state index contributed by atoms with van der Waals surface area (Å²) in [7, 11) is 1.52. The van der Waals surface area contributed by atoms with Crippen LogP contribution in [0.1, 0.15) is 26.3 Å². The Hall–Kier alpha value is -1.71. The molecule has 4 heteroatoms. The molecule has 3 nitrogen and oxygen atoms in total. The van der Waals surface area contributed by atoms with Crippen LogP contribution in [-0.4, -0.2) is 17.1 Å². The van der Waals surface area contributed by atoms with E-state index in [0.29, 0.717) is 22.5 Å². The first-order chi connectivity index (χ1) is 7.93. The predicted octanol–water partition coefficient (Wildman–Crippen LogP) is 3.08. The quantitative estimate of drug-likeness (QED) is 0.760. The molecule has 17 heavy (non-hydrogen) atoms. The molecule has 0 aliphatic rings. The van der Waals surface area contributed by atoms with Gasteiger partial charge in [0.1, 0.15) is 5.82 Å². The fourth-order valence-electron chi connectivity index (χ4n) is 1.85. The molecule has 0 aliphatic heterocycles. The maximum atomic E-state index is 13.9. The third kappa shape index (κ3) is 2.07. The topological polar surface area (TPSA) is 35.0 Å². The lowest BCUT2D eigenvalue weighted by Gasteiger charge is -2.21. The number of hydrogen-bond donors (Lipinski definition) is 0. The molecule has 0 N–H and O–H groups in total. The van der Waals surface area contributed by atoms with Gasteiger partial charge in [0, 0.05) is 5.56 Å². The van der Waals surface area contributed by atoms with Gasteiger partial charge in [0.05, 0.1) is 24.3 Å². The molecule has 0 radical (unpaired) electrons. The fourth-order valence-corrected chi connectivity index (χ4v) is 1.85. The Labute approximate surface area is 99.7 Å². The van der Waals surface area contributed by atoms with E-state index in [0.717, 1.165) is 0 Å². The van der Waals surface area contributed by atoms with Crippen LogP contribution in [0.15, 0.2) is 18.3 Å². The second-order valence-electron chi connectivity index (χ2n) is 4.95. The van der Waals surface area contributed by atoms with E-state index in [1.54, 1.807) is 6.07 Å². The summed E-state index contributed by atoms with van der Waals surface area (Å²) >= 11 is 0. The number of fused-ring (bicyclic) bond motifs is 1. The van der Waals surface area contributed by atoms with Crippen molar-refractivity contribution in [2.24, 2.45) is 0 Å². The third-order valence-corrected chi connectivity index (χ3v) is 2.60. The van der Waals surface area contributed by atoms with Gasteiger partial charge in [-0.1, -0.05) is 20.8 Å². The Morgan fingerprint density at radius 3 is 2.53 bits per heavy atom. The molecule has 0 fully saturated rings. The summed E-state index contributed by atoms with van der Waals surface area (Å²) in [6, 6.07) is 3.07. The second-order valence-corrected chi connectivity index (χ2v) is 4.95. The Kier molecular flexibility index (Phi) is 2.73. The predicted molar refractivity (Wildman–Crippen MR) is 64.7 cm³/mol. The van der Waals surface area contributed by atoms with Crippen molar-refractivity contribution in [2.45, 2.75) is 26.2 Å². The maximum Gasteiger partial charge on any atom is 0.232 e. The maximum absolute atomic E-state index is 13.9. The van der Waals surface area contributed by atoms with Crippen LogP contribution in [0.4, 0.5) is 4.39 Å². The van der Waals surface area contributed by atoms with E-state index >= 15 is 0 Å². The first-order valence-corrected chi connectivity index (χ1v) is 5.43. The summed E-state index contributed by atoms with van der Waals surface area (Å²) < 4.78 is 19.0. The summed E-state index contributed by atoms with van der Waals surface area (Å²) in [6.07, 6.45) is 1.53. The smallest absolute Gasteiger partial charge is 0.232 e. The lowest BCUT2D eigenvalue weighted by Crippen LogP contribution is -2.15. The van der Waals surface area contributed by atoms with Crippen molar-refractivity contribution < 1.29 is 9.13 Å². The van der Waals surface area contributed by atoms with E-state index in [9.17, 15) is 4.39 Å². The second kappa shape index (κ2) is 3.95. The van der Waals surface area contributed by atoms with Crippen LogP contribution in [0.25, 0.3) is 11.0 Å². The Bertz CT molecular complexity index is 561. The van der Waals surface area contributed by atoms with E-state index in [2.05, 4.69) is 9.97 Å². The van der Waals surface area contributed by atoms with Crippen LogP contribution in [0.2, 0.25) is 0 Å². The third-order valence-electron chi connectivity index (χ3n) is 2.60. The molecule has 0 unspecified atom stereocenters. The van der Waals surface area contributed by atoms with E-state index < -0.39 is 0 Å². The van der Waals surface area contributed by atoms with Crippen LogP contribution in [-0.2, 0) is 5.41 Å². The zero-order chi connectivity index (χ0) is 12.6. The van der Waals surface area contributed by atoms with Gasteiger partial charge in [0.25, 0.3) is 0 Å². The molecule has 1 aromatic heterocycles. The van der Waals surface area contributed by atoms with Crippen molar-refractivity contribution >= 4 is 11.0 Å². The highest BCUT2D eigenvalue weighted by molar-refractivity contribution is 5.79. The molecular formula is C13H15FN2O. The van der Waals surface area contributed by atoms with Gasteiger partial charge in [0.15, 0.2) is 0 Å². The number of halogens is 1. The van der Waals surface area contributed by atoms with Crippen molar-refractivity contribution in [2.75, 3.05) is 7.11 Å². The molecule has 0 saturated carbocycles. The van der Waals surface area contributed by atoms with E-state index in [1.165, 1.54) is 19.4 Å².